The fourth-order valence-corrected chi connectivity index (χ4v) is 4.91. The van der Waals surface area contributed by atoms with E-state index in [9.17, 15) is 4.79 Å². The molecule has 3 aromatic rings. The molecule has 2 saturated heterocycles. The van der Waals surface area contributed by atoms with Crippen molar-refractivity contribution >= 4 is 28.5 Å². The molecule has 8 nitrogen and oxygen atoms in total. The maximum absolute atomic E-state index is 12.9. The van der Waals surface area contributed by atoms with Crippen LogP contribution in [0.5, 0.6) is 0 Å². The van der Waals surface area contributed by atoms with Gasteiger partial charge in [0.2, 0.25) is 5.91 Å². The highest BCUT2D eigenvalue weighted by Gasteiger charge is 2.27. The molecule has 2 aliphatic rings. The fraction of sp³-hybridized carbons (Fsp3) is 0.520. The van der Waals surface area contributed by atoms with Crippen molar-refractivity contribution in [3.63, 3.8) is 0 Å². The van der Waals surface area contributed by atoms with Gasteiger partial charge in [-0.25, -0.2) is 4.98 Å². The molecule has 1 amide bonds. The number of anilines is 2. The quantitative estimate of drug-likeness (QED) is 0.631. The molecule has 8 heteroatoms. The number of fused-ring (bicyclic) bond motifs is 1. The first-order chi connectivity index (χ1) is 16.1. The molecule has 174 valence electrons. The summed E-state index contributed by atoms with van der Waals surface area (Å²) in [5.41, 5.74) is 3.47. The van der Waals surface area contributed by atoms with Gasteiger partial charge in [-0.3, -0.25) is 9.69 Å². The first kappa shape index (κ1) is 21.8. The second-order valence-electron chi connectivity index (χ2n) is 9.55. The van der Waals surface area contributed by atoms with Gasteiger partial charge in [0.1, 0.15) is 17.5 Å². The Labute approximate surface area is 194 Å². The van der Waals surface area contributed by atoms with E-state index < -0.39 is 0 Å². The van der Waals surface area contributed by atoms with Crippen molar-refractivity contribution in [2.75, 3.05) is 36.4 Å². The molecule has 2 aromatic heterocycles. The number of rotatable bonds is 5. The monoisotopic (exact) mass is 448 g/mol. The molecule has 0 atom stereocenters. The molecule has 0 bridgehead atoms. The SMILES string of the molecule is Cc1noc2ncnc(N3CCC(C(=O)Nc4ccc(CN5CCC(C)CC5)cc4)CC3)c12. The van der Waals surface area contributed by atoms with Gasteiger partial charge >= 0.3 is 0 Å². The van der Waals surface area contributed by atoms with Gasteiger partial charge < -0.3 is 14.7 Å². The number of carbonyl (C=O) groups is 1. The molecule has 1 aromatic carbocycles. The normalized spacial score (nSPS) is 18.7. The number of nitrogens with one attached hydrogen (secondary N) is 1. The molecule has 5 rings (SSSR count). The molecular weight excluding hydrogens is 416 g/mol. The molecule has 0 aliphatic carbocycles. The zero-order valence-corrected chi connectivity index (χ0v) is 19.5. The van der Waals surface area contributed by atoms with Crippen molar-refractivity contribution in [1.82, 2.24) is 20.0 Å². The van der Waals surface area contributed by atoms with Crippen LogP contribution in [0.25, 0.3) is 11.1 Å². The van der Waals surface area contributed by atoms with Crippen LogP contribution in [-0.4, -0.2) is 52.1 Å². The van der Waals surface area contributed by atoms with Gasteiger partial charge in [-0.2, -0.15) is 4.98 Å². The number of amides is 1. The summed E-state index contributed by atoms with van der Waals surface area (Å²) in [7, 11) is 0. The van der Waals surface area contributed by atoms with Crippen molar-refractivity contribution in [2.45, 2.75) is 46.1 Å². The Bertz CT molecular complexity index is 1100. The van der Waals surface area contributed by atoms with Gasteiger partial charge in [0.15, 0.2) is 0 Å². The number of likely N-dealkylation sites (tertiary alicyclic amines) is 1. The molecule has 0 spiro atoms. The topological polar surface area (TPSA) is 87.4 Å². The van der Waals surface area contributed by atoms with E-state index in [4.69, 9.17) is 4.52 Å². The van der Waals surface area contributed by atoms with E-state index in [0.29, 0.717) is 5.71 Å². The molecule has 2 fully saturated rings. The minimum absolute atomic E-state index is 0.00262. The van der Waals surface area contributed by atoms with Gasteiger partial charge in [0.25, 0.3) is 5.71 Å². The average molecular weight is 449 g/mol. The van der Waals surface area contributed by atoms with E-state index >= 15 is 0 Å². The Kier molecular flexibility index (Phi) is 6.26. The smallest absolute Gasteiger partial charge is 0.263 e. The largest absolute Gasteiger partial charge is 0.356 e. The fourth-order valence-electron chi connectivity index (χ4n) is 4.91. The van der Waals surface area contributed by atoms with Gasteiger partial charge in [-0.15, -0.1) is 0 Å². The lowest BCUT2D eigenvalue weighted by Crippen LogP contribution is -2.38. The molecule has 0 saturated carbocycles. The Morgan fingerprint density at radius 1 is 1.06 bits per heavy atom. The highest BCUT2D eigenvalue weighted by atomic mass is 16.5. The van der Waals surface area contributed by atoms with Crippen molar-refractivity contribution in [3.05, 3.63) is 41.9 Å². The van der Waals surface area contributed by atoms with E-state index in [2.05, 4.69) is 49.3 Å². The number of nitrogens with zero attached hydrogens (tertiary/aromatic N) is 5. The van der Waals surface area contributed by atoms with Crippen LogP contribution >= 0.6 is 0 Å². The zero-order chi connectivity index (χ0) is 22.8. The number of carbonyl (C=O) groups excluding carboxylic acids is 1. The maximum atomic E-state index is 12.9. The van der Waals surface area contributed by atoms with Crippen LogP contribution in [0.4, 0.5) is 11.5 Å². The lowest BCUT2D eigenvalue weighted by atomic mass is 9.95. The van der Waals surface area contributed by atoms with Crippen LogP contribution in [0.3, 0.4) is 0 Å². The summed E-state index contributed by atoms with van der Waals surface area (Å²) in [5, 5.41) is 7.99. The lowest BCUT2D eigenvalue weighted by Gasteiger charge is -2.32. The van der Waals surface area contributed by atoms with Crippen molar-refractivity contribution < 1.29 is 9.32 Å². The van der Waals surface area contributed by atoms with Gasteiger partial charge in [0.05, 0.1) is 5.69 Å². The zero-order valence-electron chi connectivity index (χ0n) is 19.5. The van der Waals surface area contributed by atoms with Gasteiger partial charge in [-0.05, 0) is 69.3 Å². The predicted octanol–water partition coefficient (Wildman–Crippen LogP) is 4.01. The number of aromatic nitrogens is 3. The summed E-state index contributed by atoms with van der Waals surface area (Å²) in [6, 6.07) is 8.33. The Balaban J connectivity index is 1.14. The molecule has 0 unspecified atom stereocenters. The highest BCUT2D eigenvalue weighted by molar-refractivity contribution is 5.93. The number of piperidine rings is 2. The Hall–Kier alpha value is -3.00. The average Bonchev–Trinajstić information content (AvgIpc) is 3.23. The van der Waals surface area contributed by atoms with Crippen molar-refractivity contribution in [3.8, 4) is 0 Å². The third-order valence-corrected chi connectivity index (χ3v) is 7.09. The summed E-state index contributed by atoms with van der Waals surface area (Å²) in [6.07, 6.45) is 5.65. The molecule has 4 heterocycles. The van der Waals surface area contributed by atoms with Crippen LogP contribution in [0.2, 0.25) is 0 Å². The number of hydrogen-bond acceptors (Lipinski definition) is 7. The minimum Gasteiger partial charge on any atom is -0.356 e. The second-order valence-corrected chi connectivity index (χ2v) is 9.55. The maximum Gasteiger partial charge on any atom is 0.263 e. The van der Waals surface area contributed by atoms with Crippen LogP contribution in [0.15, 0.2) is 35.1 Å². The van der Waals surface area contributed by atoms with E-state index in [0.717, 1.165) is 61.0 Å². The van der Waals surface area contributed by atoms with Crippen LogP contribution in [0, 0.1) is 18.8 Å². The number of benzene rings is 1. The Morgan fingerprint density at radius 3 is 2.52 bits per heavy atom. The molecule has 0 radical (unpaired) electrons. The first-order valence-corrected chi connectivity index (χ1v) is 12.0. The minimum atomic E-state index is -0.00262. The van der Waals surface area contributed by atoms with E-state index in [1.54, 1.807) is 0 Å². The van der Waals surface area contributed by atoms with Crippen molar-refractivity contribution in [2.24, 2.45) is 11.8 Å². The molecular formula is C25H32N6O2. The van der Waals surface area contributed by atoms with Gasteiger partial charge in [-0.1, -0.05) is 24.2 Å². The lowest BCUT2D eigenvalue weighted by molar-refractivity contribution is -0.120. The van der Waals surface area contributed by atoms with Gasteiger partial charge in [0, 0.05) is 31.2 Å². The van der Waals surface area contributed by atoms with Crippen LogP contribution < -0.4 is 10.2 Å². The molecule has 1 N–H and O–H groups in total. The summed E-state index contributed by atoms with van der Waals surface area (Å²) in [6.45, 7) is 9.11. The second kappa shape index (κ2) is 9.47. The van der Waals surface area contributed by atoms with E-state index in [1.165, 1.54) is 37.8 Å². The molecule has 2 aliphatic heterocycles. The molecule has 33 heavy (non-hydrogen) atoms. The summed E-state index contributed by atoms with van der Waals surface area (Å²) in [5.74, 6) is 1.79. The predicted molar refractivity (Wildman–Crippen MR) is 128 cm³/mol. The standard InChI is InChI=1S/C25H32N6O2/c1-17-7-11-30(12-8-17)15-19-3-5-21(6-4-19)28-24(32)20-9-13-31(14-10-20)23-22-18(2)29-33-25(22)27-16-26-23/h3-6,16-17,20H,7-15H2,1-2H3,(H,28,32). The van der Waals surface area contributed by atoms with Crippen molar-refractivity contribution in [1.29, 1.82) is 0 Å². The van der Waals surface area contributed by atoms with Crippen LogP contribution in [-0.2, 0) is 11.3 Å². The number of aryl methyl sites for hydroxylation is 1. The van der Waals surface area contributed by atoms with E-state index in [1.807, 2.05) is 19.1 Å². The highest BCUT2D eigenvalue weighted by Crippen LogP contribution is 2.30. The third-order valence-electron chi connectivity index (χ3n) is 7.09. The summed E-state index contributed by atoms with van der Waals surface area (Å²) >= 11 is 0. The number of hydrogen-bond donors (Lipinski definition) is 1. The summed E-state index contributed by atoms with van der Waals surface area (Å²) < 4.78 is 5.27. The first-order valence-electron chi connectivity index (χ1n) is 12.0. The summed E-state index contributed by atoms with van der Waals surface area (Å²) in [4.78, 5) is 26.2. The third kappa shape index (κ3) is 4.85. The van der Waals surface area contributed by atoms with E-state index in [-0.39, 0.29) is 11.8 Å². The van der Waals surface area contributed by atoms with Crippen LogP contribution in [0.1, 0.15) is 43.9 Å². The Morgan fingerprint density at radius 2 is 1.79 bits per heavy atom.